The lowest BCUT2D eigenvalue weighted by molar-refractivity contribution is 0.586. The Labute approximate surface area is 255 Å². The van der Waals surface area contributed by atoms with Crippen LogP contribution in [-0.4, -0.2) is 0 Å². The van der Waals surface area contributed by atoms with Crippen LogP contribution in [0, 0.1) is 0 Å². The number of hydrogen-bond acceptors (Lipinski definition) is 0. The van der Waals surface area contributed by atoms with E-state index in [1.165, 1.54) is 33.4 Å². The molecule has 218 valence electrons. The van der Waals surface area contributed by atoms with Gasteiger partial charge in [-0.3, -0.25) is 0 Å². The quantitative estimate of drug-likeness (QED) is 0.236. The van der Waals surface area contributed by atoms with E-state index in [2.05, 4.69) is 114 Å². The van der Waals surface area contributed by atoms with Crippen LogP contribution in [0.15, 0.2) is 72.8 Å². The van der Waals surface area contributed by atoms with Crippen molar-refractivity contribution in [1.29, 1.82) is 0 Å². The van der Waals surface area contributed by atoms with Gasteiger partial charge in [-0.1, -0.05) is 114 Å². The predicted molar refractivity (Wildman–Crippen MR) is 180 cm³/mol. The van der Waals surface area contributed by atoms with Gasteiger partial charge in [0.2, 0.25) is 0 Å². The molecule has 0 saturated carbocycles. The molecule has 0 atom stereocenters. The molecule has 0 heterocycles. The smallest absolute Gasteiger partial charge is 0.0132 e. The highest BCUT2D eigenvalue weighted by molar-refractivity contribution is 5.47. The summed E-state index contributed by atoms with van der Waals surface area (Å²) in [6.45, 7) is 14.2. The van der Waals surface area contributed by atoms with E-state index in [1.807, 2.05) is 0 Å². The molecule has 0 aliphatic heterocycles. The highest BCUT2D eigenvalue weighted by Crippen LogP contribution is 2.34. The number of fused-ring (bicyclic) bond motifs is 8. The van der Waals surface area contributed by atoms with E-state index in [0.29, 0.717) is 0 Å². The summed E-state index contributed by atoms with van der Waals surface area (Å²) < 4.78 is 0. The van der Waals surface area contributed by atoms with Gasteiger partial charge in [0.15, 0.2) is 0 Å². The molecule has 8 bridgehead atoms. The fourth-order valence-electron chi connectivity index (χ4n) is 7.24. The average molecular weight is 555 g/mol. The van der Waals surface area contributed by atoms with Crippen molar-refractivity contribution >= 4 is 0 Å². The molecule has 0 spiro atoms. The van der Waals surface area contributed by atoms with Crippen LogP contribution in [0.4, 0.5) is 0 Å². The maximum atomic E-state index is 2.57. The fourth-order valence-corrected chi connectivity index (χ4v) is 7.24. The van der Waals surface area contributed by atoms with Crippen LogP contribution < -0.4 is 0 Å². The van der Waals surface area contributed by atoms with Crippen molar-refractivity contribution in [2.24, 2.45) is 0 Å². The molecule has 0 fully saturated rings. The Balaban J connectivity index is 1.40. The SMILES string of the molecule is CC(C)(C)c1cc2c(CCc3c4cc(C(C)(C)C)cc3CCc3cccc(c3)CC4)c(c1)CCc1cccc(c1)CC2. The molecule has 0 unspecified atom stereocenters. The normalized spacial score (nSPS) is 15.3. The van der Waals surface area contributed by atoms with Gasteiger partial charge in [0.25, 0.3) is 0 Å². The summed E-state index contributed by atoms with van der Waals surface area (Å²) in [5.41, 5.74) is 18.9. The third kappa shape index (κ3) is 6.44. The minimum Gasteiger partial charge on any atom is -0.0617 e. The van der Waals surface area contributed by atoms with Crippen molar-refractivity contribution in [2.75, 3.05) is 0 Å². The van der Waals surface area contributed by atoms with Crippen molar-refractivity contribution in [2.45, 2.75) is 117 Å². The van der Waals surface area contributed by atoms with Crippen LogP contribution in [0.2, 0.25) is 0 Å². The van der Waals surface area contributed by atoms with Crippen LogP contribution in [0.25, 0.3) is 0 Å². The summed E-state index contributed by atoms with van der Waals surface area (Å²) in [5, 5.41) is 0. The average Bonchev–Trinajstić information content (AvgIpc) is 2.94. The molecule has 0 aromatic heterocycles. The Kier molecular flexibility index (Phi) is 7.95. The van der Waals surface area contributed by atoms with Gasteiger partial charge in [-0.2, -0.15) is 0 Å². The van der Waals surface area contributed by atoms with Gasteiger partial charge in [0, 0.05) is 0 Å². The lowest BCUT2D eigenvalue weighted by Gasteiger charge is -2.27. The monoisotopic (exact) mass is 554 g/mol. The second kappa shape index (κ2) is 11.5. The molecule has 2 aliphatic carbocycles. The van der Waals surface area contributed by atoms with Gasteiger partial charge in [-0.25, -0.2) is 0 Å². The lowest BCUT2D eigenvalue weighted by Crippen LogP contribution is -2.17. The molecule has 42 heavy (non-hydrogen) atoms. The molecule has 0 heteroatoms. The summed E-state index contributed by atoms with van der Waals surface area (Å²) in [7, 11) is 0. The van der Waals surface area contributed by atoms with Crippen molar-refractivity contribution < 1.29 is 0 Å². The first-order chi connectivity index (χ1) is 20.0. The molecule has 0 amide bonds. The highest BCUT2D eigenvalue weighted by Gasteiger charge is 2.23. The molecule has 0 radical (unpaired) electrons. The zero-order valence-electron chi connectivity index (χ0n) is 27.0. The van der Waals surface area contributed by atoms with Gasteiger partial charge < -0.3 is 0 Å². The Bertz CT molecular complexity index is 1370. The van der Waals surface area contributed by atoms with Gasteiger partial charge in [0.1, 0.15) is 0 Å². The van der Waals surface area contributed by atoms with E-state index >= 15 is 0 Å². The molecule has 0 saturated heterocycles. The number of aryl methyl sites for hydroxylation is 8. The Morgan fingerprint density at radius 1 is 0.405 bits per heavy atom. The fraction of sp³-hybridized carbons (Fsp3) is 0.429. The van der Waals surface area contributed by atoms with Crippen molar-refractivity contribution in [3.8, 4) is 0 Å². The van der Waals surface area contributed by atoms with E-state index in [-0.39, 0.29) is 10.8 Å². The molecule has 4 aromatic rings. The standard InChI is InChI=1S/C42H50/c1-41(2,3)37-25-33-17-13-29-9-7-10-30(23-29)14-18-34(26-37)39(33)21-22-40-35-19-15-31-11-8-12-32(24-31)16-20-36(40)28-38(27-35)42(4,5)6/h7-12,23-28H,13-22H2,1-6H3. The summed E-state index contributed by atoms with van der Waals surface area (Å²) in [6.07, 6.45) is 11.3. The van der Waals surface area contributed by atoms with Gasteiger partial charge >= 0.3 is 0 Å². The number of benzene rings is 4. The molecule has 0 N–H and O–H groups in total. The predicted octanol–water partition coefficient (Wildman–Crippen LogP) is 9.83. The Morgan fingerprint density at radius 2 is 0.690 bits per heavy atom. The minimum absolute atomic E-state index is 0.160. The lowest BCUT2D eigenvalue weighted by atomic mass is 9.78. The van der Waals surface area contributed by atoms with Crippen LogP contribution in [-0.2, 0) is 75.0 Å². The third-order valence-corrected chi connectivity index (χ3v) is 9.94. The van der Waals surface area contributed by atoms with Gasteiger partial charge in [-0.15, -0.1) is 0 Å². The van der Waals surface area contributed by atoms with Crippen LogP contribution >= 0.6 is 0 Å². The Hall–Kier alpha value is -3.12. The summed E-state index contributed by atoms with van der Waals surface area (Å²) in [6, 6.07) is 29.0. The maximum absolute atomic E-state index is 2.57. The first-order valence-electron chi connectivity index (χ1n) is 16.5. The van der Waals surface area contributed by atoms with Gasteiger partial charge in [-0.05, 0) is 142 Å². The van der Waals surface area contributed by atoms with Crippen LogP contribution in [0.1, 0.15) is 108 Å². The molecular formula is C42H50. The van der Waals surface area contributed by atoms with Crippen molar-refractivity contribution in [1.82, 2.24) is 0 Å². The van der Waals surface area contributed by atoms with Gasteiger partial charge in [0.05, 0.1) is 0 Å². The topological polar surface area (TPSA) is 0 Å². The van der Waals surface area contributed by atoms with Crippen LogP contribution in [0.5, 0.6) is 0 Å². The molecular weight excluding hydrogens is 504 g/mol. The summed E-state index contributed by atoms with van der Waals surface area (Å²) in [5.74, 6) is 0. The third-order valence-electron chi connectivity index (χ3n) is 9.94. The van der Waals surface area contributed by atoms with E-state index in [9.17, 15) is 0 Å². The summed E-state index contributed by atoms with van der Waals surface area (Å²) in [4.78, 5) is 0. The number of hydrogen-bond donors (Lipinski definition) is 0. The summed E-state index contributed by atoms with van der Waals surface area (Å²) >= 11 is 0. The zero-order valence-corrected chi connectivity index (χ0v) is 27.0. The minimum atomic E-state index is 0.160. The highest BCUT2D eigenvalue weighted by atomic mass is 14.3. The van der Waals surface area contributed by atoms with E-state index in [1.54, 1.807) is 33.4 Å². The molecule has 6 rings (SSSR count). The molecule has 2 aliphatic rings. The molecule has 4 aromatic carbocycles. The second-order valence-electron chi connectivity index (χ2n) is 15.2. The number of rotatable bonds is 3. The van der Waals surface area contributed by atoms with E-state index < -0.39 is 0 Å². The van der Waals surface area contributed by atoms with Crippen molar-refractivity contribution in [3.05, 3.63) is 140 Å². The largest absolute Gasteiger partial charge is 0.0617 e. The van der Waals surface area contributed by atoms with Crippen LogP contribution in [0.3, 0.4) is 0 Å². The second-order valence-corrected chi connectivity index (χ2v) is 15.2. The first-order valence-corrected chi connectivity index (χ1v) is 16.5. The molecule has 0 nitrogen and oxygen atoms in total. The Morgan fingerprint density at radius 3 is 0.952 bits per heavy atom. The van der Waals surface area contributed by atoms with Crippen molar-refractivity contribution in [3.63, 3.8) is 0 Å². The zero-order chi connectivity index (χ0) is 29.5. The first kappa shape index (κ1) is 29.0. The maximum Gasteiger partial charge on any atom is -0.0132 e. The van der Waals surface area contributed by atoms with E-state index in [0.717, 1.165) is 64.2 Å². The van der Waals surface area contributed by atoms with E-state index in [4.69, 9.17) is 0 Å².